The van der Waals surface area contributed by atoms with E-state index in [4.69, 9.17) is 0 Å². The molecule has 132 valence electrons. The van der Waals surface area contributed by atoms with E-state index in [2.05, 4.69) is 44.4 Å². The number of hydrazone groups is 1. The van der Waals surface area contributed by atoms with Gasteiger partial charge in [0.15, 0.2) is 0 Å². The summed E-state index contributed by atoms with van der Waals surface area (Å²) in [7, 11) is 0. The molecule has 2 nitrogen and oxygen atoms in total. The fourth-order valence-electron chi connectivity index (χ4n) is 4.58. The van der Waals surface area contributed by atoms with Gasteiger partial charge in [-0.2, -0.15) is 5.10 Å². The predicted octanol–water partition coefficient (Wildman–Crippen LogP) is 6.29. The Morgan fingerprint density at radius 2 is 1.96 bits per heavy atom. The molecule has 4 unspecified atom stereocenters. The highest BCUT2D eigenvalue weighted by Gasteiger charge is 2.30. The maximum Gasteiger partial charge on any atom is 0.0482 e. The maximum atomic E-state index is 4.69. The Labute approximate surface area is 144 Å². The van der Waals surface area contributed by atoms with Gasteiger partial charge in [-0.05, 0) is 49.0 Å². The number of nitrogens with zero attached hydrogens (tertiary/aromatic N) is 1. The number of nitrogens with one attached hydrogen (secondary N) is 1. The van der Waals surface area contributed by atoms with Crippen molar-refractivity contribution in [2.75, 3.05) is 0 Å². The number of fused-ring (bicyclic) bond motifs is 1. The van der Waals surface area contributed by atoms with Gasteiger partial charge in [-0.3, -0.25) is 5.43 Å². The summed E-state index contributed by atoms with van der Waals surface area (Å²) in [4.78, 5) is 0. The van der Waals surface area contributed by atoms with Crippen LogP contribution < -0.4 is 5.43 Å². The van der Waals surface area contributed by atoms with Gasteiger partial charge < -0.3 is 0 Å². The fourth-order valence-corrected chi connectivity index (χ4v) is 4.58. The first-order chi connectivity index (χ1) is 11.2. The fraction of sp³-hybridized carbons (Fsp3) is 0.857. The minimum Gasteiger partial charge on any atom is -0.286 e. The summed E-state index contributed by atoms with van der Waals surface area (Å²) in [6.07, 6.45) is 15.7. The lowest BCUT2D eigenvalue weighted by Crippen LogP contribution is -2.31. The Morgan fingerprint density at radius 1 is 1.13 bits per heavy atom. The van der Waals surface area contributed by atoms with Crippen LogP contribution in [0.15, 0.2) is 16.9 Å². The zero-order chi connectivity index (χ0) is 16.7. The summed E-state index contributed by atoms with van der Waals surface area (Å²) in [5, 5.41) is 4.69. The van der Waals surface area contributed by atoms with Gasteiger partial charge in [-0.15, -0.1) is 0 Å². The van der Waals surface area contributed by atoms with Crippen LogP contribution in [0.5, 0.6) is 0 Å². The van der Waals surface area contributed by atoms with E-state index in [1.807, 2.05) is 0 Å². The second-order valence-corrected chi connectivity index (χ2v) is 7.98. The molecule has 0 spiro atoms. The Kier molecular flexibility index (Phi) is 7.65. The lowest BCUT2D eigenvalue weighted by atomic mass is 9.73. The minimum absolute atomic E-state index is 0.625. The van der Waals surface area contributed by atoms with Crippen LogP contribution in [-0.4, -0.2) is 5.71 Å². The molecule has 2 aliphatic rings. The number of rotatable bonds is 7. The van der Waals surface area contributed by atoms with E-state index in [9.17, 15) is 0 Å². The molecule has 1 heterocycles. The van der Waals surface area contributed by atoms with Crippen molar-refractivity contribution in [3.63, 3.8) is 0 Å². The third-order valence-electron chi connectivity index (χ3n) is 6.16. The van der Waals surface area contributed by atoms with Crippen LogP contribution in [0, 0.1) is 23.7 Å². The molecule has 0 radical (unpaired) electrons. The van der Waals surface area contributed by atoms with Crippen molar-refractivity contribution in [1.29, 1.82) is 0 Å². The molecule has 4 atom stereocenters. The molecule has 0 bridgehead atoms. The van der Waals surface area contributed by atoms with Gasteiger partial charge in [0.05, 0.1) is 0 Å². The van der Waals surface area contributed by atoms with Crippen molar-refractivity contribution in [1.82, 2.24) is 5.43 Å². The highest BCUT2D eigenvalue weighted by atomic mass is 15.3. The first-order valence-corrected chi connectivity index (χ1v) is 10.2. The molecule has 1 N–H and O–H groups in total. The minimum atomic E-state index is 0.625. The Hall–Kier alpha value is -0.790. The normalized spacial score (nSPS) is 27.7. The average molecular weight is 319 g/mol. The predicted molar refractivity (Wildman–Crippen MR) is 101 cm³/mol. The van der Waals surface area contributed by atoms with Gasteiger partial charge in [0, 0.05) is 17.8 Å². The van der Waals surface area contributed by atoms with Gasteiger partial charge in [-0.1, -0.05) is 66.2 Å². The highest BCUT2D eigenvalue weighted by molar-refractivity contribution is 5.91. The molecule has 1 aliphatic heterocycles. The van der Waals surface area contributed by atoms with Gasteiger partial charge in [-0.25, -0.2) is 0 Å². The number of allylic oxidation sites excluding steroid dienone is 1. The lowest BCUT2D eigenvalue weighted by molar-refractivity contribution is 0.271. The van der Waals surface area contributed by atoms with E-state index >= 15 is 0 Å². The zero-order valence-electron chi connectivity index (χ0n) is 15.9. The lowest BCUT2D eigenvalue weighted by Gasteiger charge is -2.34. The van der Waals surface area contributed by atoms with Crippen LogP contribution >= 0.6 is 0 Å². The summed E-state index contributed by atoms with van der Waals surface area (Å²) in [6.45, 7) is 9.45. The van der Waals surface area contributed by atoms with E-state index in [1.54, 1.807) is 5.57 Å². The van der Waals surface area contributed by atoms with Crippen LogP contribution in [0.25, 0.3) is 0 Å². The third-order valence-corrected chi connectivity index (χ3v) is 6.16. The number of unbranched alkanes of at least 4 members (excludes halogenated alkanes) is 1. The summed E-state index contributed by atoms with van der Waals surface area (Å²) in [5.74, 6) is 3.08. The number of hydrogen-bond donors (Lipinski definition) is 1. The molecule has 23 heavy (non-hydrogen) atoms. The van der Waals surface area contributed by atoms with E-state index in [0.717, 1.165) is 11.8 Å². The highest BCUT2D eigenvalue weighted by Crippen LogP contribution is 2.37. The first-order valence-electron chi connectivity index (χ1n) is 10.2. The van der Waals surface area contributed by atoms with Crippen LogP contribution in [-0.2, 0) is 0 Å². The van der Waals surface area contributed by atoms with E-state index < -0.39 is 0 Å². The summed E-state index contributed by atoms with van der Waals surface area (Å²) >= 11 is 0. The molecule has 1 fully saturated rings. The second kappa shape index (κ2) is 9.49. The van der Waals surface area contributed by atoms with Gasteiger partial charge in [0.2, 0.25) is 0 Å². The topological polar surface area (TPSA) is 24.4 Å². The summed E-state index contributed by atoms with van der Waals surface area (Å²) in [6, 6.07) is 0. The Morgan fingerprint density at radius 3 is 2.70 bits per heavy atom. The smallest absolute Gasteiger partial charge is 0.0482 e. The van der Waals surface area contributed by atoms with Crippen molar-refractivity contribution in [3.8, 4) is 0 Å². The van der Waals surface area contributed by atoms with Crippen molar-refractivity contribution in [2.24, 2.45) is 28.8 Å². The molecular weight excluding hydrogens is 280 g/mol. The molecule has 1 saturated carbocycles. The van der Waals surface area contributed by atoms with Crippen molar-refractivity contribution in [2.45, 2.75) is 91.9 Å². The molecule has 0 aromatic rings. The Bertz CT molecular complexity index is 410. The quantitative estimate of drug-likeness (QED) is 0.586. The van der Waals surface area contributed by atoms with Crippen molar-refractivity contribution < 1.29 is 0 Å². The van der Waals surface area contributed by atoms with E-state index in [-0.39, 0.29) is 0 Å². The van der Waals surface area contributed by atoms with Gasteiger partial charge >= 0.3 is 0 Å². The molecular formula is C21H38N2. The first kappa shape index (κ1) is 18.5. The largest absolute Gasteiger partial charge is 0.286 e. The standard InChI is InChI=1S/C21H38N2/c1-5-7-10-16(3)18-11-8-12-20-19(14-13-18)15-22-23-21(20)17(4)9-6-2/h15-18,20,22H,5-14H2,1-4H3. The Balaban J connectivity index is 1.96. The van der Waals surface area contributed by atoms with Crippen LogP contribution in [0.3, 0.4) is 0 Å². The van der Waals surface area contributed by atoms with Crippen molar-refractivity contribution >= 4 is 5.71 Å². The van der Waals surface area contributed by atoms with E-state index in [1.165, 1.54) is 69.9 Å². The molecule has 0 aromatic carbocycles. The maximum absolute atomic E-state index is 4.69. The van der Waals surface area contributed by atoms with Crippen LogP contribution in [0.1, 0.15) is 91.9 Å². The molecule has 1 aliphatic carbocycles. The zero-order valence-corrected chi connectivity index (χ0v) is 15.9. The van der Waals surface area contributed by atoms with Crippen LogP contribution in [0.4, 0.5) is 0 Å². The molecule has 0 saturated heterocycles. The molecule has 0 aromatic heterocycles. The van der Waals surface area contributed by atoms with Gasteiger partial charge in [0.1, 0.15) is 0 Å². The second-order valence-electron chi connectivity index (χ2n) is 7.98. The van der Waals surface area contributed by atoms with Crippen LogP contribution in [0.2, 0.25) is 0 Å². The third kappa shape index (κ3) is 5.09. The molecule has 2 rings (SSSR count). The molecule has 2 heteroatoms. The van der Waals surface area contributed by atoms with E-state index in [0.29, 0.717) is 11.8 Å². The van der Waals surface area contributed by atoms with Crippen molar-refractivity contribution in [3.05, 3.63) is 11.8 Å². The SMILES string of the molecule is CCCCC(C)C1CCCC2C(=CNN=C2C(C)CCC)CC1. The monoisotopic (exact) mass is 318 g/mol. The summed E-state index contributed by atoms with van der Waals surface area (Å²) < 4.78 is 0. The summed E-state index contributed by atoms with van der Waals surface area (Å²) in [5.41, 5.74) is 6.29. The van der Waals surface area contributed by atoms with Gasteiger partial charge in [0.25, 0.3) is 0 Å². The molecule has 0 amide bonds. The number of hydrogen-bond acceptors (Lipinski definition) is 2. The average Bonchev–Trinajstić information content (AvgIpc) is 2.53.